The molecule has 0 aromatic heterocycles. The minimum Gasteiger partial charge on any atom is -0.347 e. The van der Waals surface area contributed by atoms with E-state index < -0.39 is 15.9 Å². The molecule has 1 saturated heterocycles. The van der Waals surface area contributed by atoms with Crippen molar-refractivity contribution < 1.29 is 18.0 Å². The van der Waals surface area contributed by atoms with Crippen molar-refractivity contribution in [2.75, 3.05) is 13.1 Å². The third kappa shape index (κ3) is 6.26. The number of amides is 2. The summed E-state index contributed by atoms with van der Waals surface area (Å²) in [4.78, 5) is 24.3. The fourth-order valence-electron chi connectivity index (χ4n) is 3.38. The Balaban J connectivity index is 1.66. The van der Waals surface area contributed by atoms with Crippen LogP contribution in [0, 0.1) is 0 Å². The Kier molecular flexibility index (Phi) is 7.59. The summed E-state index contributed by atoms with van der Waals surface area (Å²) in [6.07, 6.45) is 4.43. The number of hydrogen-bond acceptors (Lipinski definition) is 4. The highest BCUT2D eigenvalue weighted by Gasteiger charge is 2.25. The van der Waals surface area contributed by atoms with Gasteiger partial charge in [-0.3, -0.25) is 9.59 Å². The number of rotatable bonds is 7. The van der Waals surface area contributed by atoms with Crippen molar-refractivity contribution in [1.29, 1.82) is 0 Å². The quantitative estimate of drug-likeness (QED) is 0.646. The van der Waals surface area contributed by atoms with Gasteiger partial charge in [0.15, 0.2) is 0 Å². The average molecular weight is 442 g/mol. The molecule has 2 amide bonds. The van der Waals surface area contributed by atoms with E-state index in [1.165, 1.54) is 11.2 Å². The summed E-state index contributed by atoms with van der Waals surface area (Å²) >= 11 is 0. The number of sulfonamides is 1. The van der Waals surface area contributed by atoms with Gasteiger partial charge in [-0.1, -0.05) is 48.9 Å². The second-order valence-electron chi connectivity index (χ2n) is 7.44. The Hall–Kier alpha value is -2.97. The summed E-state index contributed by atoms with van der Waals surface area (Å²) in [6.45, 7) is 2.65. The Bertz CT molecular complexity index is 1040. The van der Waals surface area contributed by atoms with Crippen molar-refractivity contribution in [3.8, 4) is 0 Å². The Morgan fingerprint density at radius 2 is 1.61 bits per heavy atom. The average Bonchev–Trinajstić information content (AvgIpc) is 2.78. The van der Waals surface area contributed by atoms with Crippen LogP contribution in [0.5, 0.6) is 0 Å². The monoisotopic (exact) mass is 441 g/mol. The zero-order chi connectivity index (χ0) is 22.3. The molecule has 1 aliphatic heterocycles. The number of nitrogens with one attached hydrogen (secondary N) is 2. The molecule has 2 N–H and O–H groups in total. The zero-order valence-electron chi connectivity index (χ0n) is 17.5. The minimum absolute atomic E-state index is 0.142. The lowest BCUT2D eigenvalue weighted by molar-refractivity contribution is -0.122. The van der Waals surface area contributed by atoms with Gasteiger partial charge in [-0.15, -0.1) is 0 Å². The van der Waals surface area contributed by atoms with E-state index in [4.69, 9.17) is 0 Å². The lowest BCUT2D eigenvalue weighted by atomic mass is 10.2. The first-order chi connectivity index (χ1) is 14.9. The largest absolute Gasteiger partial charge is 0.347 e. The summed E-state index contributed by atoms with van der Waals surface area (Å²) < 4.78 is 27.0. The Labute approximate surface area is 183 Å². The number of nitrogens with zero attached hydrogens (tertiary/aromatic N) is 1. The van der Waals surface area contributed by atoms with E-state index in [2.05, 4.69) is 10.6 Å². The van der Waals surface area contributed by atoms with Gasteiger partial charge in [0, 0.05) is 26.6 Å². The Morgan fingerprint density at radius 1 is 0.968 bits per heavy atom. The second-order valence-corrected chi connectivity index (χ2v) is 9.38. The van der Waals surface area contributed by atoms with Gasteiger partial charge in [-0.25, -0.2) is 8.42 Å². The molecule has 7 nitrogen and oxygen atoms in total. The lowest BCUT2D eigenvalue weighted by Gasteiger charge is -2.25. The molecular formula is C23H27N3O4S. The van der Waals surface area contributed by atoms with Gasteiger partial charge < -0.3 is 10.6 Å². The van der Waals surface area contributed by atoms with Crippen LogP contribution in [0.15, 0.2) is 65.2 Å². The maximum absolute atomic E-state index is 12.7. The first-order valence-electron chi connectivity index (χ1n) is 10.3. The third-order valence-electron chi connectivity index (χ3n) is 5.00. The summed E-state index contributed by atoms with van der Waals surface area (Å²) in [5.41, 5.74) is 1.68. The van der Waals surface area contributed by atoms with Gasteiger partial charge in [0.05, 0.1) is 4.90 Å². The molecule has 2 aromatic carbocycles. The first kappa shape index (κ1) is 22.7. The van der Waals surface area contributed by atoms with E-state index >= 15 is 0 Å². The summed E-state index contributed by atoms with van der Waals surface area (Å²) in [5.74, 6) is -0.770. The normalized spacial score (nSPS) is 15.3. The fourth-order valence-corrected chi connectivity index (χ4v) is 4.89. The molecule has 164 valence electrons. The van der Waals surface area contributed by atoms with E-state index in [0.29, 0.717) is 13.1 Å². The highest BCUT2D eigenvalue weighted by atomic mass is 32.2. The van der Waals surface area contributed by atoms with Crippen LogP contribution in [-0.2, 0) is 26.2 Å². The zero-order valence-corrected chi connectivity index (χ0v) is 18.3. The summed E-state index contributed by atoms with van der Waals surface area (Å²) in [7, 11) is -3.48. The molecule has 1 fully saturated rings. The fraction of sp³-hybridized carbons (Fsp3) is 0.304. The standard InChI is InChI=1S/C23H27N3O4S/c1-18(27)25-22(16-19-8-4-2-5-9-19)23(28)24-17-20-10-12-21(13-11-20)31(29,30)26-14-6-3-7-15-26/h2,4-5,8-13,16H,3,6-7,14-15,17H2,1H3,(H,24,28)(H,25,27)/b22-16-. The third-order valence-corrected chi connectivity index (χ3v) is 6.91. The summed E-state index contributed by atoms with van der Waals surface area (Å²) in [5, 5.41) is 5.32. The van der Waals surface area contributed by atoms with E-state index in [-0.39, 0.29) is 23.0 Å². The molecule has 0 bridgehead atoms. The number of piperidine rings is 1. The van der Waals surface area contributed by atoms with Crippen molar-refractivity contribution in [2.45, 2.75) is 37.6 Å². The maximum atomic E-state index is 12.7. The molecule has 1 heterocycles. The molecular weight excluding hydrogens is 414 g/mol. The Morgan fingerprint density at radius 3 is 2.23 bits per heavy atom. The van der Waals surface area contributed by atoms with E-state index in [1.54, 1.807) is 30.3 Å². The van der Waals surface area contributed by atoms with Gasteiger partial charge in [0.2, 0.25) is 15.9 Å². The smallest absolute Gasteiger partial charge is 0.268 e. The minimum atomic E-state index is -3.48. The van der Waals surface area contributed by atoms with Gasteiger partial charge in [0.25, 0.3) is 5.91 Å². The topological polar surface area (TPSA) is 95.6 Å². The number of benzene rings is 2. The van der Waals surface area contributed by atoms with Crippen LogP contribution in [0.3, 0.4) is 0 Å². The van der Waals surface area contributed by atoms with E-state index in [1.807, 2.05) is 30.3 Å². The molecule has 0 atom stereocenters. The SMILES string of the molecule is CC(=O)N/C(=C\c1ccccc1)C(=O)NCc1ccc(S(=O)(=O)N2CCCCC2)cc1. The van der Waals surface area contributed by atoms with Crippen LogP contribution in [0.2, 0.25) is 0 Å². The van der Waals surface area contributed by atoms with Gasteiger partial charge in [-0.2, -0.15) is 4.31 Å². The molecule has 1 aliphatic rings. The molecule has 2 aromatic rings. The number of carbonyl (C=O) groups excluding carboxylic acids is 2. The molecule has 31 heavy (non-hydrogen) atoms. The van der Waals surface area contributed by atoms with Gasteiger partial charge in [0.1, 0.15) is 5.70 Å². The van der Waals surface area contributed by atoms with Crippen molar-refractivity contribution in [3.63, 3.8) is 0 Å². The summed E-state index contributed by atoms with van der Waals surface area (Å²) in [6, 6.07) is 15.7. The van der Waals surface area contributed by atoms with Crippen LogP contribution in [-0.4, -0.2) is 37.6 Å². The molecule has 0 unspecified atom stereocenters. The molecule has 0 radical (unpaired) electrons. The highest BCUT2D eigenvalue weighted by Crippen LogP contribution is 2.20. The van der Waals surface area contributed by atoms with Crippen LogP contribution < -0.4 is 10.6 Å². The van der Waals surface area contributed by atoms with Crippen LogP contribution in [0.4, 0.5) is 0 Å². The molecule has 8 heteroatoms. The molecule has 0 saturated carbocycles. The van der Waals surface area contributed by atoms with Crippen molar-refractivity contribution >= 4 is 27.9 Å². The van der Waals surface area contributed by atoms with Gasteiger partial charge >= 0.3 is 0 Å². The molecule has 3 rings (SSSR count). The first-order valence-corrected chi connectivity index (χ1v) is 11.7. The van der Waals surface area contributed by atoms with Crippen molar-refractivity contribution in [1.82, 2.24) is 14.9 Å². The second kappa shape index (κ2) is 10.4. The van der Waals surface area contributed by atoms with Crippen LogP contribution in [0.25, 0.3) is 6.08 Å². The van der Waals surface area contributed by atoms with E-state index in [0.717, 1.165) is 30.4 Å². The number of carbonyl (C=O) groups is 2. The van der Waals surface area contributed by atoms with E-state index in [9.17, 15) is 18.0 Å². The van der Waals surface area contributed by atoms with Crippen LogP contribution >= 0.6 is 0 Å². The van der Waals surface area contributed by atoms with Crippen molar-refractivity contribution in [3.05, 3.63) is 71.4 Å². The predicted molar refractivity (Wildman–Crippen MR) is 119 cm³/mol. The number of hydrogen-bond donors (Lipinski definition) is 2. The highest BCUT2D eigenvalue weighted by molar-refractivity contribution is 7.89. The maximum Gasteiger partial charge on any atom is 0.268 e. The lowest BCUT2D eigenvalue weighted by Crippen LogP contribution is -2.35. The van der Waals surface area contributed by atoms with Gasteiger partial charge in [-0.05, 0) is 42.2 Å². The predicted octanol–water partition coefficient (Wildman–Crippen LogP) is 2.65. The van der Waals surface area contributed by atoms with Crippen LogP contribution in [0.1, 0.15) is 37.3 Å². The van der Waals surface area contributed by atoms with Crippen molar-refractivity contribution in [2.24, 2.45) is 0 Å². The molecule has 0 aliphatic carbocycles. The molecule has 0 spiro atoms.